The van der Waals surface area contributed by atoms with E-state index in [2.05, 4.69) is 47.7 Å². The molecule has 0 aromatic heterocycles. The average molecular weight is 347 g/mol. The van der Waals surface area contributed by atoms with Gasteiger partial charge in [-0.3, -0.25) is 8.42 Å². The molecule has 0 saturated heterocycles. The average Bonchev–Trinajstić information content (AvgIpc) is 2.03. The minimum atomic E-state index is -3.08. The molecule has 0 spiro atoms. The maximum atomic E-state index is 9.45. The van der Waals surface area contributed by atoms with E-state index in [0.717, 1.165) is 11.6 Å². The molecule has 0 bridgehead atoms. The van der Waals surface area contributed by atoms with Crippen molar-refractivity contribution in [2.24, 2.45) is 0 Å². The first-order valence-corrected chi connectivity index (χ1v) is 9.62. The third-order valence-corrected chi connectivity index (χ3v) is 2.21. The van der Waals surface area contributed by atoms with Gasteiger partial charge >= 0.3 is 29.6 Å². The van der Waals surface area contributed by atoms with Gasteiger partial charge in [-0.05, 0) is 24.9 Å². The van der Waals surface area contributed by atoms with Gasteiger partial charge in [-0.1, -0.05) is 29.8 Å². The molecule has 0 saturated carbocycles. The molecular formula is C8H20BrNaO2S3. The molecule has 0 rings (SSSR count). The summed E-state index contributed by atoms with van der Waals surface area (Å²) in [5.74, 6) is 1.31. The molecule has 15 heavy (non-hydrogen) atoms. The first kappa shape index (κ1) is 25.9. The van der Waals surface area contributed by atoms with E-state index in [-0.39, 0.29) is 29.6 Å². The van der Waals surface area contributed by atoms with Gasteiger partial charge < -0.3 is 11.7 Å². The van der Waals surface area contributed by atoms with Crippen LogP contribution in [0.4, 0.5) is 0 Å². The van der Waals surface area contributed by atoms with E-state index < -0.39 is 8.87 Å². The Kier molecular flexibility index (Phi) is 36.9. The van der Waals surface area contributed by atoms with E-state index in [0.29, 0.717) is 0 Å². The van der Waals surface area contributed by atoms with Crippen LogP contribution in [0.1, 0.15) is 26.7 Å². The predicted octanol–water partition coefficient (Wildman–Crippen LogP) is 0.0476. The summed E-state index contributed by atoms with van der Waals surface area (Å²) in [5.41, 5.74) is 0. The van der Waals surface area contributed by atoms with Crippen molar-refractivity contribution in [3.8, 4) is 0 Å². The number of alkyl halides is 1. The molecule has 2 nitrogen and oxygen atoms in total. The molecule has 0 unspecified atom stereocenters. The van der Waals surface area contributed by atoms with Gasteiger partial charge in [0.2, 0.25) is 0 Å². The first-order chi connectivity index (χ1) is 6.33. The molecule has 0 aliphatic heterocycles. The van der Waals surface area contributed by atoms with Crippen molar-refractivity contribution < 1.29 is 38.0 Å². The molecular weight excluding hydrogens is 327 g/mol. The van der Waals surface area contributed by atoms with Gasteiger partial charge in [-0.2, -0.15) is 11.8 Å². The summed E-state index contributed by atoms with van der Waals surface area (Å²) >= 11 is 8.95. The number of hydrogen-bond acceptors (Lipinski definition) is 4. The second-order valence-electron chi connectivity index (χ2n) is 2.39. The zero-order chi connectivity index (χ0) is 12.0. The number of thioether (sulfide) groups is 1. The Labute approximate surface area is 135 Å². The maximum Gasteiger partial charge on any atom is 1.00 e. The smallest absolute Gasteiger partial charge is 0.649 e. The molecule has 90 valence electrons. The van der Waals surface area contributed by atoms with Crippen molar-refractivity contribution in [3.63, 3.8) is 0 Å². The van der Waals surface area contributed by atoms with E-state index in [9.17, 15) is 8.42 Å². The molecule has 0 heterocycles. The normalized spacial score (nSPS) is 8.67. The first-order valence-electron chi connectivity index (χ1n) is 4.29. The Balaban J connectivity index is -0.0000000590. The Morgan fingerprint density at radius 2 is 1.53 bits per heavy atom. The molecule has 7 heteroatoms. The Morgan fingerprint density at radius 1 is 1.27 bits per heavy atom. The van der Waals surface area contributed by atoms with Crippen LogP contribution in [-0.4, -0.2) is 32.0 Å². The predicted molar refractivity (Wildman–Crippen MR) is 75.0 cm³/mol. The summed E-state index contributed by atoms with van der Waals surface area (Å²) in [4.78, 5) is 0. The summed E-state index contributed by atoms with van der Waals surface area (Å²) in [7, 11) is -3.08. The summed E-state index contributed by atoms with van der Waals surface area (Å²) in [6, 6.07) is 0. The molecule has 0 radical (unpaired) electrons. The van der Waals surface area contributed by atoms with Crippen LogP contribution in [0.5, 0.6) is 0 Å². The second-order valence-corrected chi connectivity index (χ2v) is 7.39. The molecule has 0 amide bonds. The summed E-state index contributed by atoms with van der Waals surface area (Å²) in [6.45, 7) is 4.32. The zero-order valence-electron chi connectivity index (χ0n) is 10.2. The fraction of sp³-hybridized carbons (Fsp3) is 1.00. The summed E-state index contributed by atoms with van der Waals surface area (Å²) in [5, 5.41) is 1.13. The van der Waals surface area contributed by atoms with Crippen molar-refractivity contribution in [1.29, 1.82) is 0 Å². The van der Waals surface area contributed by atoms with Gasteiger partial charge in [0.15, 0.2) is 0 Å². The molecule has 0 aliphatic rings. The number of halogens is 1. The largest absolute Gasteiger partial charge is 1.00 e. The van der Waals surface area contributed by atoms with Crippen LogP contribution < -0.4 is 29.6 Å². The van der Waals surface area contributed by atoms with Gasteiger partial charge in [0, 0.05) is 20.5 Å². The molecule has 0 aromatic rings. The van der Waals surface area contributed by atoms with Crippen LogP contribution in [0, 0.1) is 0 Å². The Morgan fingerprint density at radius 3 is 1.53 bits per heavy atom. The Hall–Kier alpha value is 2.13. The van der Waals surface area contributed by atoms with Crippen LogP contribution in [0.3, 0.4) is 0 Å². The fourth-order valence-corrected chi connectivity index (χ4v) is 0.612. The minimum absolute atomic E-state index is 0. The zero-order valence-corrected chi connectivity index (χ0v) is 16.3. The minimum Gasteiger partial charge on any atom is -0.649 e. The van der Waals surface area contributed by atoms with Crippen LogP contribution in [0.25, 0.3) is 0 Å². The monoisotopic (exact) mass is 346 g/mol. The van der Waals surface area contributed by atoms with E-state index in [1.807, 2.05) is 11.8 Å². The van der Waals surface area contributed by atoms with Crippen molar-refractivity contribution in [1.82, 2.24) is 0 Å². The van der Waals surface area contributed by atoms with Gasteiger partial charge in [0.1, 0.15) is 0 Å². The van der Waals surface area contributed by atoms with Crippen LogP contribution >= 0.6 is 27.7 Å². The van der Waals surface area contributed by atoms with E-state index in [4.69, 9.17) is 0 Å². The third kappa shape index (κ3) is 122. The van der Waals surface area contributed by atoms with Crippen LogP contribution in [-0.2, 0) is 20.5 Å². The SMILES string of the molecule is CCCBr.CCCSC.CS(=O)(=O)[S-].[Na+]. The van der Waals surface area contributed by atoms with Gasteiger partial charge in [0.25, 0.3) is 0 Å². The van der Waals surface area contributed by atoms with E-state index in [1.165, 1.54) is 18.6 Å². The Bertz CT molecular complexity index is 163. The standard InChI is InChI=1S/C4H10S.C3H7Br.CH4O2S2.Na/c1-3-4-5-2;1-2-3-4;1-5(2,3)4;/h3-4H2,1-2H3;2-3H2,1H3;1H3,(H,2,3,4);/q;;;+1/p-1. The molecule has 0 atom stereocenters. The molecule has 0 aliphatic carbocycles. The number of hydrogen-bond donors (Lipinski definition) is 0. The fourth-order valence-electron chi connectivity index (χ4n) is 0.204. The topological polar surface area (TPSA) is 34.1 Å². The van der Waals surface area contributed by atoms with E-state index in [1.54, 1.807) is 0 Å². The van der Waals surface area contributed by atoms with Crippen LogP contribution in [0.2, 0.25) is 0 Å². The number of rotatable bonds is 3. The molecule has 0 N–H and O–H groups in total. The van der Waals surface area contributed by atoms with Gasteiger partial charge in [-0.15, -0.1) is 0 Å². The van der Waals surface area contributed by atoms with E-state index >= 15 is 0 Å². The third-order valence-electron chi connectivity index (χ3n) is 0.597. The van der Waals surface area contributed by atoms with Crippen LogP contribution in [0.15, 0.2) is 0 Å². The van der Waals surface area contributed by atoms with Crippen molar-refractivity contribution in [2.45, 2.75) is 26.7 Å². The molecule has 0 aromatic carbocycles. The maximum absolute atomic E-state index is 9.45. The van der Waals surface area contributed by atoms with Crippen molar-refractivity contribution >= 4 is 48.2 Å². The quantitative estimate of drug-likeness (QED) is 0.313. The van der Waals surface area contributed by atoms with Crippen molar-refractivity contribution in [3.05, 3.63) is 0 Å². The second kappa shape index (κ2) is 21.4. The van der Waals surface area contributed by atoms with Gasteiger partial charge in [0.05, 0.1) is 0 Å². The van der Waals surface area contributed by atoms with Crippen molar-refractivity contribution in [2.75, 3.05) is 23.6 Å². The molecule has 0 fully saturated rings. The summed E-state index contributed by atoms with van der Waals surface area (Å²) < 4.78 is 18.9. The van der Waals surface area contributed by atoms with Gasteiger partial charge in [-0.25, -0.2) is 0 Å². The summed E-state index contributed by atoms with van der Waals surface area (Å²) in [6.07, 6.45) is 5.65.